The van der Waals surface area contributed by atoms with E-state index in [4.69, 9.17) is 9.05 Å². The topological polar surface area (TPSA) is 108 Å². The summed E-state index contributed by atoms with van der Waals surface area (Å²) in [4.78, 5) is 25.4. The van der Waals surface area contributed by atoms with Crippen molar-refractivity contribution in [3.05, 3.63) is 134 Å². The number of quaternary nitrogens is 1. The highest BCUT2D eigenvalue weighted by atomic mass is 31.2. The summed E-state index contributed by atoms with van der Waals surface area (Å²) in [6, 6.07) is -0.915. The van der Waals surface area contributed by atoms with Gasteiger partial charge in [0.15, 0.2) is 0 Å². The number of rotatable bonds is 50. The molecule has 0 heterocycles. The average molecular weight is 1020 g/mol. The molecule has 0 aliphatic carbocycles. The molecular formula is C63H107N2O6P. The van der Waals surface area contributed by atoms with Gasteiger partial charge in [0.2, 0.25) is 5.91 Å². The van der Waals surface area contributed by atoms with Gasteiger partial charge in [-0.2, -0.15) is 0 Å². The van der Waals surface area contributed by atoms with Gasteiger partial charge in [0, 0.05) is 6.42 Å². The van der Waals surface area contributed by atoms with E-state index in [-0.39, 0.29) is 12.5 Å². The summed E-state index contributed by atoms with van der Waals surface area (Å²) in [7, 11) is 1.22. The van der Waals surface area contributed by atoms with Gasteiger partial charge in [0.05, 0.1) is 39.9 Å². The molecule has 0 saturated heterocycles. The van der Waals surface area contributed by atoms with E-state index in [1.807, 2.05) is 27.2 Å². The molecule has 0 saturated carbocycles. The van der Waals surface area contributed by atoms with Crippen molar-refractivity contribution in [3.8, 4) is 0 Å². The van der Waals surface area contributed by atoms with Crippen LogP contribution in [0.15, 0.2) is 134 Å². The molecule has 0 radical (unpaired) electrons. The van der Waals surface area contributed by atoms with E-state index in [2.05, 4.69) is 141 Å². The van der Waals surface area contributed by atoms with E-state index in [9.17, 15) is 19.4 Å². The van der Waals surface area contributed by atoms with Crippen molar-refractivity contribution in [3.63, 3.8) is 0 Å². The number of likely N-dealkylation sites (N-methyl/N-ethyl adjacent to an activating group) is 1. The maximum absolute atomic E-state index is 12.9. The van der Waals surface area contributed by atoms with Crippen LogP contribution in [0.4, 0.5) is 0 Å². The fourth-order valence-corrected chi connectivity index (χ4v) is 8.12. The van der Waals surface area contributed by atoms with Crippen molar-refractivity contribution in [1.29, 1.82) is 0 Å². The lowest BCUT2D eigenvalue weighted by atomic mass is 10.1. The molecule has 0 bridgehead atoms. The van der Waals surface area contributed by atoms with Gasteiger partial charge in [-0.15, -0.1) is 0 Å². The molecule has 0 aromatic carbocycles. The average Bonchev–Trinajstić information content (AvgIpc) is 3.34. The lowest BCUT2D eigenvalue weighted by molar-refractivity contribution is -0.870. The van der Waals surface area contributed by atoms with E-state index >= 15 is 0 Å². The normalized spacial score (nSPS) is 14.9. The Morgan fingerprint density at radius 2 is 0.861 bits per heavy atom. The Morgan fingerprint density at radius 3 is 1.29 bits per heavy atom. The van der Waals surface area contributed by atoms with Gasteiger partial charge in [-0.3, -0.25) is 9.36 Å². The van der Waals surface area contributed by atoms with Crippen molar-refractivity contribution < 1.29 is 32.9 Å². The molecule has 0 spiro atoms. The SMILES string of the molecule is CC/C=C\C/C=C\C/C=C\C/C=C\C/C=C\C/C=C\C/C=C\C/C=C\C/C=C\CCCCCCCCCCCC(=O)NC(COP(=O)([O-])OCC[N+](C)(C)C)C(O)/C=C/CC/C=C/CCCCCCCCC. The van der Waals surface area contributed by atoms with Gasteiger partial charge in [-0.1, -0.05) is 231 Å². The van der Waals surface area contributed by atoms with Crippen LogP contribution in [0.2, 0.25) is 0 Å². The number of aliphatic hydroxyl groups excluding tert-OH is 1. The maximum atomic E-state index is 12.9. The van der Waals surface area contributed by atoms with Gasteiger partial charge in [-0.05, 0) is 103 Å². The number of allylic oxidation sites excluding steroid dienone is 21. The number of carbonyl (C=O) groups excluding carboxylic acids is 1. The second-order valence-electron chi connectivity index (χ2n) is 19.9. The second-order valence-corrected chi connectivity index (χ2v) is 21.3. The fraction of sp³-hybridized carbons (Fsp3) is 0.635. The minimum atomic E-state index is -4.61. The molecular weight excluding hydrogens is 912 g/mol. The third-order valence-corrected chi connectivity index (χ3v) is 12.8. The predicted molar refractivity (Wildman–Crippen MR) is 311 cm³/mol. The summed E-state index contributed by atoms with van der Waals surface area (Å²) in [6.07, 6.45) is 79.6. The number of aliphatic hydroxyl groups is 1. The molecule has 0 aliphatic heterocycles. The monoisotopic (exact) mass is 1020 g/mol. The first kappa shape index (κ1) is 68.6. The van der Waals surface area contributed by atoms with Crippen molar-refractivity contribution in [2.45, 2.75) is 219 Å². The molecule has 8 nitrogen and oxygen atoms in total. The van der Waals surface area contributed by atoms with Crippen LogP contribution in [0.25, 0.3) is 0 Å². The summed E-state index contributed by atoms with van der Waals surface area (Å²) in [5.74, 6) is -0.221. The van der Waals surface area contributed by atoms with Crippen LogP contribution in [0.1, 0.15) is 206 Å². The third-order valence-electron chi connectivity index (χ3n) is 11.8. The summed E-state index contributed by atoms with van der Waals surface area (Å²) < 4.78 is 23.3. The third kappa shape index (κ3) is 54.4. The Bertz CT molecular complexity index is 1630. The summed E-state index contributed by atoms with van der Waals surface area (Å²) in [5, 5.41) is 13.8. The summed E-state index contributed by atoms with van der Waals surface area (Å²) in [5.41, 5.74) is 0. The number of nitrogens with zero attached hydrogens (tertiary/aromatic N) is 1. The lowest BCUT2D eigenvalue weighted by Crippen LogP contribution is -2.45. The minimum absolute atomic E-state index is 0.0142. The summed E-state index contributed by atoms with van der Waals surface area (Å²) in [6.45, 7) is 4.47. The number of hydrogen-bond donors (Lipinski definition) is 2. The quantitative estimate of drug-likeness (QED) is 0.0272. The van der Waals surface area contributed by atoms with Crippen LogP contribution in [0, 0.1) is 0 Å². The Labute approximate surface area is 443 Å². The minimum Gasteiger partial charge on any atom is -0.756 e. The number of amides is 1. The van der Waals surface area contributed by atoms with Crippen LogP contribution >= 0.6 is 7.82 Å². The van der Waals surface area contributed by atoms with Gasteiger partial charge >= 0.3 is 0 Å². The number of phosphoric acid groups is 1. The molecule has 3 unspecified atom stereocenters. The number of hydrogen-bond acceptors (Lipinski definition) is 6. The van der Waals surface area contributed by atoms with Crippen LogP contribution < -0.4 is 10.2 Å². The predicted octanol–water partition coefficient (Wildman–Crippen LogP) is 16.9. The zero-order chi connectivity index (χ0) is 52.7. The molecule has 0 aromatic heterocycles. The number of unbranched alkanes of at least 4 members (excludes halogenated alkanes) is 17. The van der Waals surface area contributed by atoms with Gasteiger partial charge in [0.1, 0.15) is 13.2 Å². The van der Waals surface area contributed by atoms with Gasteiger partial charge in [-0.25, -0.2) is 0 Å². The molecule has 0 aliphatic rings. The smallest absolute Gasteiger partial charge is 0.268 e. The molecule has 0 fully saturated rings. The molecule has 9 heteroatoms. The first-order valence-electron chi connectivity index (χ1n) is 28.5. The number of carbonyl (C=O) groups is 1. The molecule has 1 amide bonds. The zero-order valence-electron chi connectivity index (χ0n) is 46.6. The van der Waals surface area contributed by atoms with E-state index in [0.717, 1.165) is 109 Å². The van der Waals surface area contributed by atoms with E-state index in [0.29, 0.717) is 17.4 Å². The molecule has 0 aromatic rings. The van der Waals surface area contributed by atoms with Crippen LogP contribution in [0.5, 0.6) is 0 Å². The molecule has 0 rings (SSSR count). The van der Waals surface area contributed by atoms with Crippen molar-refractivity contribution in [1.82, 2.24) is 5.32 Å². The first-order valence-corrected chi connectivity index (χ1v) is 30.0. The highest BCUT2D eigenvalue weighted by Gasteiger charge is 2.23. The lowest BCUT2D eigenvalue weighted by Gasteiger charge is -2.29. The van der Waals surface area contributed by atoms with Crippen LogP contribution in [-0.2, 0) is 18.4 Å². The second kappa shape index (κ2) is 52.5. The van der Waals surface area contributed by atoms with E-state index in [1.54, 1.807) is 6.08 Å². The Hall–Kier alpha value is -3.36. The van der Waals surface area contributed by atoms with Crippen molar-refractivity contribution in [2.24, 2.45) is 0 Å². The molecule has 410 valence electrons. The van der Waals surface area contributed by atoms with Crippen molar-refractivity contribution >= 4 is 13.7 Å². The highest BCUT2D eigenvalue weighted by molar-refractivity contribution is 7.45. The van der Waals surface area contributed by atoms with Crippen LogP contribution in [-0.4, -0.2) is 68.5 Å². The molecule has 3 atom stereocenters. The summed E-state index contributed by atoms with van der Waals surface area (Å²) >= 11 is 0. The Morgan fingerprint density at radius 1 is 0.500 bits per heavy atom. The number of nitrogens with one attached hydrogen (secondary N) is 1. The fourth-order valence-electron chi connectivity index (χ4n) is 7.39. The Balaban J connectivity index is 4.16. The van der Waals surface area contributed by atoms with Crippen molar-refractivity contribution in [2.75, 3.05) is 40.9 Å². The zero-order valence-corrected chi connectivity index (χ0v) is 47.5. The van der Waals surface area contributed by atoms with Gasteiger partial charge in [0.25, 0.3) is 7.82 Å². The highest BCUT2D eigenvalue weighted by Crippen LogP contribution is 2.38. The van der Waals surface area contributed by atoms with Gasteiger partial charge < -0.3 is 28.8 Å². The Kier molecular flexibility index (Phi) is 50.1. The maximum Gasteiger partial charge on any atom is 0.268 e. The standard InChI is InChI=1S/C63H107N2O6P/c1-6-8-10-12-14-16-18-20-21-22-23-24-25-26-27-28-29-30-31-32-33-34-35-36-37-38-39-40-41-42-43-45-47-49-51-53-55-57-63(67)64-61(60-71-72(68,69)70-59-58-65(3,4)5)62(66)56-54-52-50-48-46-44-19-17-15-13-11-9-7-2/h8,10,14,16,20-21,23-24,26-27,29-30,32-33,35-36,38-39,46,48,54,56,61-62,66H,6-7,9,11-13,15,17-19,22,25,28,31,34,37,40-45,47,49-53,55,57-60H2,1-5H3,(H-,64,67,68,69)/b10-8-,16-14-,21-20-,24-23-,27-26-,30-29-,33-32-,36-35-,39-38-,48-46+,56-54+. The van der Waals surface area contributed by atoms with E-state index < -0.39 is 26.6 Å². The molecule has 72 heavy (non-hydrogen) atoms. The number of phosphoric ester groups is 1. The van der Waals surface area contributed by atoms with E-state index in [1.165, 1.54) is 77.0 Å². The first-order chi connectivity index (χ1) is 35.0. The molecule has 2 N–H and O–H groups in total. The largest absolute Gasteiger partial charge is 0.756 e. The van der Waals surface area contributed by atoms with Crippen LogP contribution in [0.3, 0.4) is 0 Å².